The Morgan fingerprint density at radius 2 is 1.18 bits per heavy atom. The fourth-order valence-corrected chi connectivity index (χ4v) is 3.06. The number of carbonyl (C=O) groups is 2. The van der Waals surface area contributed by atoms with Gasteiger partial charge in [-0.2, -0.15) is 0 Å². The topological polar surface area (TPSA) is 213 Å². The maximum Gasteiger partial charge on any atom is 0.294 e. The molecule has 38 heavy (non-hydrogen) atoms. The quantitative estimate of drug-likeness (QED) is 0.190. The molecule has 2 rings (SSSR count). The van der Waals surface area contributed by atoms with E-state index < -0.39 is 52.1 Å². The Hall–Kier alpha value is -4.73. The zero-order chi connectivity index (χ0) is 28.5. The first kappa shape index (κ1) is 29.5. The van der Waals surface area contributed by atoms with Gasteiger partial charge in [-0.25, -0.2) is 0 Å². The van der Waals surface area contributed by atoms with Crippen LogP contribution in [0.1, 0.15) is 29.8 Å². The molecule has 0 atom stereocenters. The third-order valence-electron chi connectivity index (χ3n) is 4.86. The fourth-order valence-electron chi connectivity index (χ4n) is 2.94. The minimum absolute atomic E-state index is 0.132. The van der Waals surface area contributed by atoms with E-state index in [2.05, 4.69) is 19.8 Å². The molecule has 0 unspecified atom stereocenters. The van der Waals surface area contributed by atoms with Gasteiger partial charge < -0.3 is 24.6 Å². The largest absolute Gasteiger partial charge is 0.478 e. The Labute approximate surface area is 218 Å². The summed E-state index contributed by atoms with van der Waals surface area (Å²) in [6.45, 7) is -0.699. The second-order valence-electron chi connectivity index (χ2n) is 8.20. The lowest BCUT2D eigenvalue weighted by Gasteiger charge is -2.35. The Balaban J connectivity index is 2.21. The summed E-state index contributed by atoms with van der Waals surface area (Å²) in [7, 11) is 0. The average molecular weight is 557 g/mol. The van der Waals surface area contributed by atoms with Gasteiger partial charge in [0.25, 0.3) is 21.2 Å². The second kappa shape index (κ2) is 12.5. The third-order valence-corrected chi connectivity index (χ3v) is 5.11. The summed E-state index contributed by atoms with van der Waals surface area (Å²) in [5, 5.41) is 30.9. The summed E-state index contributed by atoms with van der Waals surface area (Å²) >= 11 is 5.83. The summed E-state index contributed by atoms with van der Waals surface area (Å²) in [4.78, 5) is 70.3. The standard InChI is InChI=1S/C21H21ClN4O12/c1-20(2,38-17-9-5-15(6-10-17)18(27)14-3-7-16(22)8-4-14)19(28)23-21(11-35-24(29)30,12-36-25(31)32)13-37-26(33)34/h3-10H,11-13H2,1-2H3,(H,23,28). The minimum Gasteiger partial charge on any atom is -0.478 e. The van der Waals surface area contributed by atoms with Crippen LogP contribution in [0.5, 0.6) is 5.75 Å². The number of carbonyl (C=O) groups excluding carboxylic acids is 2. The lowest BCUT2D eigenvalue weighted by Crippen LogP contribution is -2.63. The maximum absolute atomic E-state index is 13.0. The van der Waals surface area contributed by atoms with Crippen molar-refractivity contribution in [2.24, 2.45) is 0 Å². The first-order valence-electron chi connectivity index (χ1n) is 10.5. The summed E-state index contributed by atoms with van der Waals surface area (Å²) in [6.07, 6.45) is 0. The van der Waals surface area contributed by atoms with Gasteiger partial charge in [0.1, 0.15) is 31.1 Å². The number of rotatable bonds is 15. The molecular formula is C21H21ClN4O12. The molecule has 0 aliphatic heterocycles. The van der Waals surface area contributed by atoms with Gasteiger partial charge in [-0.05, 0) is 62.4 Å². The highest BCUT2D eigenvalue weighted by Crippen LogP contribution is 2.22. The van der Waals surface area contributed by atoms with Crippen molar-refractivity contribution < 1.29 is 44.1 Å². The molecule has 0 aliphatic carbocycles. The van der Waals surface area contributed by atoms with Crippen LogP contribution in [-0.4, -0.2) is 57.9 Å². The molecule has 1 N–H and O–H groups in total. The number of nitrogens with zero attached hydrogens (tertiary/aromatic N) is 3. The summed E-state index contributed by atoms with van der Waals surface area (Å²) in [5.74, 6) is -1.17. The summed E-state index contributed by atoms with van der Waals surface area (Å²) in [5.41, 5.74) is -3.28. The van der Waals surface area contributed by atoms with Crippen molar-refractivity contribution in [2.45, 2.75) is 25.0 Å². The Morgan fingerprint density at radius 3 is 1.58 bits per heavy atom. The molecular weight excluding hydrogens is 536 g/mol. The van der Waals surface area contributed by atoms with Gasteiger partial charge in [0.05, 0.1) is 0 Å². The molecule has 0 aliphatic rings. The number of hydrogen-bond donors (Lipinski definition) is 1. The van der Waals surface area contributed by atoms with Gasteiger partial charge >= 0.3 is 0 Å². The van der Waals surface area contributed by atoms with Gasteiger partial charge in [-0.3, -0.25) is 9.59 Å². The SMILES string of the molecule is CC(C)(Oc1ccc(C(=O)c2ccc(Cl)cc2)cc1)C(=O)NC(CO[N+](=O)[O-])(CO[N+](=O)[O-])CO[N+](=O)[O-]. The lowest BCUT2D eigenvalue weighted by atomic mass is 10.00. The van der Waals surface area contributed by atoms with E-state index in [1.165, 1.54) is 38.1 Å². The number of halogens is 1. The second-order valence-corrected chi connectivity index (χ2v) is 8.63. The van der Waals surface area contributed by atoms with Crippen molar-refractivity contribution in [3.8, 4) is 5.75 Å². The molecule has 2 aromatic rings. The molecule has 0 heterocycles. The highest BCUT2D eigenvalue weighted by Gasteiger charge is 2.41. The predicted molar refractivity (Wildman–Crippen MR) is 126 cm³/mol. The van der Waals surface area contributed by atoms with Gasteiger partial charge in [0, 0.05) is 16.1 Å². The van der Waals surface area contributed by atoms with Crippen LogP contribution in [0.2, 0.25) is 5.02 Å². The lowest BCUT2D eigenvalue weighted by molar-refractivity contribution is -0.778. The third kappa shape index (κ3) is 8.74. The van der Waals surface area contributed by atoms with Crippen molar-refractivity contribution in [2.75, 3.05) is 19.8 Å². The number of hydrogen-bond acceptors (Lipinski definition) is 12. The van der Waals surface area contributed by atoms with Crippen molar-refractivity contribution in [1.29, 1.82) is 0 Å². The fraction of sp³-hybridized carbons (Fsp3) is 0.333. The van der Waals surface area contributed by atoms with Gasteiger partial charge in [0.15, 0.2) is 11.4 Å². The highest BCUT2D eigenvalue weighted by atomic mass is 35.5. The van der Waals surface area contributed by atoms with Crippen LogP contribution in [0.4, 0.5) is 0 Å². The summed E-state index contributed by atoms with van der Waals surface area (Å²) in [6, 6.07) is 12.0. The number of nitrogens with one attached hydrogen (secondary N) is 1. The van der Waals surface area contributed by atoms with Gasteiger partial charge in [0.2, 0.25) is 0 Å². The first-order valence-corrected chi connectivity index (χ1v) is 10.8. The van der Waals surface area contributed by atoms with E-state index in [-0.39, 0.29) is 11.5 Å². The normalized spacial score (nSPS) is 11.1. The van der Waals surface area contributed by atoms with Crippen molar-refractivity contribution in [1.82, 2.24) is 5.32 Å². The van der Waals surface area contributed by atoms with Crippen LogP contribution >= 0.6 is 11.6 Å². The number of amides is 1. The molecule has 204 valence electrons. The number of ketones is 1. The minimum atomic E-state index is -2.24. The van der Waals surface area contributed by atoms with Crippen LogP contribution in [0.25, 0.3) is 0 Å². The van der Waals surface area contributed by atoms with Crippen LogP contribution in [0, 0.1) is 30.3 Å². The van der Waals surface area contributed by atoms with E-state index in [1.54, 1.807) is 24.3 Å². The predicted octanol–water partition coefficient (Wildman–Crippen LogP) is 2.21. The molecule has 0 fully saturated rings. The van der Waals surface area contributed by atoms with E-state index in [9.17, 15) is 39.9 Å². The van der Waals surface area contributed by atoms with Gasteiger partial charge in [-0.1, -0.05) is 11.6 Å². The van der Waals surface area contributed by atoms with Crippen molar-refractivity contribution in [3.05, 3.63) is 95.0 Å². The first-order chi connectivity index (χ1) is 17.7. The van der Waals surface area contributed by atoms with Crippen molar-refractivity contribution in [3.63, 3.8) is 0 Å². The molecule has 0 saturated carbocycles. The van der Waals surface area contributed by atoms with E-state index in [0.29, 0.717) is 16.1 Å². The van der Waals surface area contributed by atoms with E-state index in [0.717, 1.165) is 0 Å². The number of ether oxygens (including phenoxy) is 1. The number of benzene rings is 2. The Kier molecular flexibility index (Phi) is 9.69. The maximum atomic E-state index is 13.0. The molecule has 1 amide bonds. The molecule has 0 aromatic heterocycles. The molecule has 0 bridgehead atoms. The van der Waals surface area contributed by atoms with Gasteiger partial charge in [-0.15, -0.1) is 30.3 Å². The molecule has 0 saturated heterocycles. The summed E-state index contributed by atoms with van der Waals surface area (Å²) < 4.78 is 5.68. The Bertz CT molecular complexity index is 1140. The van der Waals surface area contributed by atoms with E-state index in [4.69, 9.17) is 16.3 Å². The highest BCUT2D eigenvalue weighted by molar-refractivity contribution is 6.30. The molecule has 16 nitrogen and oxygen atoms in total. The zero-order valence-corrected chi connectivity index (χ0v) is 20.6. The van der Waals surface area contributed by atoms with Crippen molar-refractivity contribution >= 4 is 23.3 Å². The monoisotopic (exact) mass is 556 g/mol. The van der Waals surface area contributed by atoms with Crippen LogP contribution in [0.3, 0.4) is 0 Å². The van der Waals surface area contributed by atoms with Crippen LogP contribution < -0.4 is 10.1 Å². The molecule has 0 radical (unpaired) electrons. The van der Waals surface area contributed by atoms with Crippen LogP contribution in [0.15, 0.2) is 48.5 Å². The van der Waals surface area contributed by atoms with E-state index >= 15 is 0 Å². The van der Waals surface area contributed by atoms with E-state index in [1.807, 2.05) is 0 Å². The molecule has 17 heteroatoms. The zero-order valence-electron chi connectivity index (χ0n) is 19.9. The smallest absolute Gasteiger partial charge is 0.294 e. The molecule has 0 spiro atoms. The Morgan fingerprint density at radius 1 is 0.789 bits per heavy atom. The average Bonchev–Trinajstić information content (AvgIpc) is 2.85. The van der Waals surface area contributed by atoms with Crippen LogP contribution in [-0.2, 0) is 19.3 Å². The molecule has 2 aromatic carbocycles.